The highest BCUT2D eigenvalue weighted by Gasteiger charge is 2.07. The van der Waals surface area contributed by atoms with Crippen LogP contribution in [0.3, 0.4) is 0 Å². The van der Waals surface area contributed by atoms with Gasteiger partial charge in [0, 0.05) is 24.9 Å². The van der Waals surface area contributed by atoms with Crippen molar-refractivity contribution in [3.63, 3.8) is 0 Å². The average Bonchev–Trinajstić information content (AvgIpc) is 2.52. The second kappa shape index (κ2) is 4.41. The number of rotatable bonds is 4. The van der Waals surface area contributed by atoms with Crippen molar-refractivity contribution in [2.45, 2.75) is 12.8 Å². The molecule has 0 radical (unpaired) electrons. The summed E-state index contributed by atoms with van der Waals surface area (Å²) >= 11 is 4.23. The van der Waals surface area contributed by atoms with Crippen molar-refractivity contribution in [1.29, 1.82) is 0 Å². The standard InChI is InChI=1S/C10H15NS/c1-8(11-2)5-9-3-4-10(6-9)7-12/h3-4,11-12H,1,5-7H2,2H3. The minimum atomic E-state index is 0.867. The zero-order valence-corrected chi connectivity index (χ0v) is 8.32. The fourth-order valence-electron chi connectivity index (χ4n) is 1.24. The van der Waals surface area contributed by atoms with E-state index in [-0.39, 0.29) is 0 Å². The number of allylic oxidation sites excluding steroid dienone is 3. The number of nitrogens with one attached hydrogen (secondary N) is 1. The third-order valence-electron chi connectivity index (χ3n) is 2.01. The molecular formula is C10H15NS. The van der Waals surface area contributed by atoms with Crippen LogP contribution in [0.1, 0.15) is 12.8 Å². The lowest BCUT2D eigenvalue weighted by Crippen LogP contribution is -2.04. The normalized spacial score (nSPS) is 15.5. The van der Waals surface area contributed by atoms with Crippen molar-refractivity contribution >= 4 is 12.6 Å². The molecule has 12 heavy (non-hydrogen) atoms. The Hall–Kier alpha value is -0.630. The van der Waals surface area contributed by atoms with E-state index in [0.29, 0.717) is 0 Å². The number of hydrogen-bond donors (Lipinski definition) is 2. The molecule has 2 heteroatoms. The number of hydrogen-bond acceptors (Lipinski definition) is 2. The molecule has 1 rings (SSSR count). The van der Waals surface area contributed by atoms with Gasteiger partial charge in [0.05, 0.1) is 0 Å². The van der Waals surface area contributed by atoms with Gasteiger partial charge in [0.1, 0.15) is 0 Å². The van der Waals surface area contributed by atoms with Crippen LogP contribution in [0.5, 0.6) is 0 Å². The molecule has 66 valence electrons. The predicted molar refractivity (Wildman–Crippen MR) is 57.5 cm³/mol. The molecule has 0 atom stereocenters. The summed E-state index contributed by atoms with van der Waals surface area (Å²) in [6.45, 7) is 3.89. The van der Waals surface area contributed by atoms with Crippen molar-refractivity contribution in [2.24, 2.45) is 0 Å². The van der Waals surface area contributed by atoms with Gasteiger partial charge in [-0.3, -0.25) is 0 Å². The SMILES string of the molecule is C=C(CC1=CC=C(CS)C1)NC. The zero-order valence-electron chi connectivity index (χ0n) is 7.43. The van der Waals surface area contributed by atoms with Crippen LogP contribution in [0, 0.1) is 0 Å². The summed E-state index contributed by atoms with van der Waals surface area (Å²) in [6.07, 6.45) is 6.37. The van der Waals surface area contributed by atoms with Crippen LogP contribution in [-0.4, -0.2) is 12.8 Å². The summed E-state index contributed by atoms with van der Waals surface area (Å²) in [7, 11) is 1.91. The third kappa shape index (κ3) is 2.45. The lowest BCUT2D eigenvalue weighted by Gasteiger charge is -2.05. The molecule has 0 amide bonds. The summed E-state index contributed by atoms with van der Waals surface area (Å²) < 4.78 is 0. The second-order valence-electron chi connectivity index (χ2n) is 3.02. The molecule has 0 saturated carbocycles. The van der Waals surface area contributed by atoms with Crippen LogP contribution < -0.4 is 5.32 Å². The Morgan fingerprint density at radius 3 is 2.75 bits per heavy atom. The van der Waals surface area contributed by atoms with Crippen molar-refractivity contribution < 1.29 is 0 Å². The van der Waals surface area contributed by atoms with Gasteiger partial charge in [0.15, 0.2) is 0 Å². The molecule has 0 fully saturated rings. The maximum absolute atomic E-state index is 4.23. The van der Waals surface area contributed by atoms with E-state index in [2.05, 4.69) is 36.7 Å². The summed E-state index contributed by atoms with van der Waals surface area (Å²) in [4.78, 5) is 0. The Morgan fingerprint density at radius 2 is 2.25 bits per heavy atom. The fourth-order valence-corrected chi connectivity index (χ4v) is 1.45. The van der Waals surface area contributed by atoms with Gasteiger partial charge < -0.3 is 5.32 Å². The van der Waals surface area contributed by atoms with Gasteiger partial charge in [0.2, 0.25) is 0 Å². The van der Waals surface area contributed by atoms with Gasteiger partial charge in [-0.15, -0.1) is 0 Å². The Bertz CT molecular complexity index is 238. The third-order valence-corrected chi connectivity index (χ3v) is 2.41. The minimum Gasteiger partial charge on any atom is -0.392 e. The van der Waals surface area contributed by atoms with Gasteiger partial charge >= 0.3 is 0 Å². The molecule has 0 saturated heterocycles. The van der Waals surface area contributed by atoms with Crippen LogP contribution in [-0.2, 0) is 0 Å². The smallest absolute Gasteiger partial charge is 0.0119 e. The first kappa shape index (κ1) is 9.46. The van der Waals surface area contributed by atoms with Gasteiger partial charge in [-0.05, 0) is 6.42 Å². The van der Waals surface area contributed by atoms with Crippen molar-refractivity contribution in [1.82, 2.24) is 5.32 Å². The van der Waals surface area contributed by atoms with Crippen LogP contribution in [0.2, 0.25) is 0 Å². The van der Waals surface area contributed by atoms with Gasteiger partial charge in [0.25, 0.3) is 0 Å². The van der Waals surface area contributed by atoms with Crippen molar-refractivity contribution in [2.75, 3.05) is 12.8 Å². The van der Waals surface area contributed by atoms with E-state index in [1.807, 2.05) is 7.05 Å². The van der Waals surface area contributed by atoms with E-state index in [1.54, 1.807) is 0 Å². The fraction of sp³-hybridized carbons (Fsp3) is 0.400. The lowest BCUT2D eigenvalue weighted by molar-refractivity contribution is 0.901. The summed E-state index contributed by atoms with van der Waals surface area (Å²) in [6, 6.07) is 0. The number of thiol groups is 1. The molecule has 0 aliphatic heterocycles. The highest BCUT2D eigenvalue weighted by atomic mass is 32.1. The maximum Gasteiger partial charge on any atom is 0.0119 e. The molecule has 0 unspecified atom stereocenters. The molecule has 1 nitrogen and oxygen atoms in total. The Balaban J connectivity index is 2.36. The van der Waals surface area contributed by atoms with E-state index in [0.717, 1.165) is 24.3 Å². The van der Waals surface area contributed by atoms with Crippen molar-refractivity contribution in [3.8, 4) is 0 Å². The lowest BCUT2D eigenvalue weighted by atomic mass is 10.1. The zero-order chi connectivity index (χ0) is 8.97. The molecule has 1 aliphatic carbocycles. The van der Waals surface area contributed by atoms with E-state index in [1.165, 1.54) is 11.1 Å². The van der Waals surface area contributed by atoms with Gasteiger partial charge in [-0.25, -0.2) is 0 Å². The van der Waals surface area contributed by atoms with E-state index in [4.69, 9.17) is 0 Å². The molecule has 0 aromatic heterocycles. The highest BCUT2D eigenvalue weighted by molar-refractivity contribution is 7.80. The molecule has 0 aromatic carbocycles. The molecule has 0 aromatic rings. The molecule has 0 heterocycles. The maximum atomic E-state index is 4.23. The Morgan fingerprint density at radius 1 is 1.58 bits per heavy atom. The molecule has 0 spiro atoms. The largest absolute Gasteiger partial charge is 0.392 e. The summed E-state index contributed by atoms with van der Waals surface area (Å²) in [5, 5.41) is 3.05. The molecule has 1 N–H and O–H groups in total. The van der Waals surface area contributed by atoms with E-state index >= 15 is 0 Å². The summed E-state index contributed by atoms with van der Waals surface area (Å²) in [5.41, 5.74) is 3.91. The van der Waals surface area contributed by atoms with Gasteiger partial charge in [-0.1, -0.05) is 29.9 Å². The van der Waals surface area contributed by atoms with Crippen molar-refractivity contribution in [3.05, 3.63) is 35.6 Å². The highest BCUT2D eigenvalue weighted by Crippen LogP contribution is 2.23. The van der Waals surface area contributed by atoms with Gasteiger partial charge in [-0.2, -0.15) is 12.6 Å². The first-order chi connectivity index (χ1) is 5.76. The molecule has 1 aliphatic rings. The first-order valence-corrected chi connectivity index (χ1v) is 4.73. The molecular weight excluding hydrogens is 166 g/mol. The predicted octanol–water partition coefficient (Wildman–Crippen LogP) is 2.30. The van der Waals surface area contributed by atoms with E-state index in [9.17, 15) is 0 Å². The Kier molecular flexibility index (Phi) is 3.48. The van der Waals surface area contributed by atoms with E-state index < -0.39 is 0 Å². The molecule has 0 bridgehead atoms. The quantitative estimate of drug-likeness (QED) is 0.634. The Labute approximate surface area is 79.7 Å². The first-order valence-electron chi connectivity index (χ1n) is 4.10. The minimum absolute atomic E-state index is 0.867. The van der Waals surface area contributed by atoms with Crippen LogP contribution in [0.4, 0.5) is 0 Å². The monoisotopic (exact) mass is 181 g/mol. The van der Waals surface area contributed by atoms with Crippen LogP contribution in [0.15, 0.2) is 35.6 Å². The topological polar surface area (TPSA) is 12.0 Å². The average molecular weight is 181 g/mol. The summed E-state index contributed by atoms with van der Waals surface area (Å²) in [5.74, 6) is 0.867. The van der Waals surface area contributed by atoms with Crippen LogP contribution >= 0.6 is 12.6 Å². The second-order valence-corrected chi connectivity index (χ2v) is 3.33. The van der Waals surface area contributed by atoms with Crippen LogP contribution in [0.25, 0.3) is 0 Å².